The fraction of sp³-hybridized carbons (Fsp3) is 0.308. The van der Waals surface area contributed by atoms with Gasteiger partial charge in [-0.3, -0.25) is 29.0 Å². The molecule has 33 heavy (non-hydrogen) atoms. The van der Waals surface area contributed by atoms with Crippen LogP contribution in [0.3, 0.4) is 0 Å². The number of nitrogens with zero attached hydrogens (tertiary/aromatic N) is 2. The average Bonchev–Trinajstić information content (AvgIpc) is 3.24. The van der Waals surface area contributed by atoms with Crippen LogP contribution >= 0.6 is 0 Å². The third-order valence-electron chi connectivity index (χ3n) is 7.58. The molecule has 3 aliphatic carbocycles. The van der Waals surface area contributed by atoms with Gasteiger partial charge in [-0.05, 0) is 43.3 Å². The highest BCUT2D eigenvalue weighted by atomic mass is 16.5. The summed E-state index contributed by atoms with van der Waals surface area (Å²) in [6.07, 6.45) is 3.73. The Hall–Kier alpha value is -3.74. The van der Waals surface area contributed by atoms with E-state index in [1.165, 1.54) is 11.9 Å². The van der Waals surface area contributed by atoms with Gasteiger partial charge in [0.05, 0.1) is 29.4 Å². The molecule has 0 spiro atoms. The second kappa shape index (κ2) is 6.88. The van der Waals surface area contributed by atoms with Gasteiger partial charge in [0.15, 0.2) is 0 Å². The average molecular weight is 442 g/mol. The highest BCUT2D eigenvalue weighted by molar-refractivity contribution is 6.23. The number of amides is 4. The molecule has 6 unspecified atom stereocenters. The topological polar surface area (TPSA) is 84.0 Å². The largest absolute Gasteiger partial charge is 0.457 e. The molecule has 2 aromatic carbocycles. The molecule has 0 aromatic heterocycles. The van der Waals surface area contributed by atoms with Crippen LogP contribution in [0.15, 0.2) is 60.7 Å². The summed E-state index contributed by atoms with van der Waals surface area (Å²) in [5.74, 6) is -3.01. The van der Waals surface area contributed by atoms with Crippen molar-refractivity contribution in [3.05, 3.63) is 66.2 Å². The molecule has 2 bridgehead atoms. The Morgan fingerprint density at radius 2 is 1.06 bits per heavy atom. The van der Waals surface area contributed by atoms with Gasteiger partial charge >= 0.3 is 0 Å². The number of allylic oxidation sites excluding steroid dienone is 2. The van der Waals surface area contributed by atoms with Crippen LogP contribution in [-0.4, -0.2) is 35.6 Å². The Balaban J connectivity index is 1.28. The lowest BCUT2D eigenvalue weighted by molar-refractivity contribution is -0.138. The third-order valence-corrected chi connectivity index (χ3v) is 7.58. The molecule has 2 saturated heterocycles. The van der Waals surface area contributed by atoms with Crippen molar-refractivity contribution in [2.45, 2.75) is 6.92 Å². The second-order valence-electron chi connectivity index (χ2n) is 9.30. The molecule has 2 aliphatic heterocycles. The molecule has 4 amide bonds. The number of anilines is 1. The van der Waals surface area contributed by atoms with E-state index in [2.05, 4.69) is 0 Å². The maximum Gasteiger partial charge on any atom is 0.238 e. The summed E-state index contributed by atoms with van der Waals surface area (Å²) in [4.78, 5) is 54.7. The highest BCUT2D eigenvalue weighted by Gasteiger charge is 2.68. The monoisotopic (exact) mass is 442 g/mol. The van der Waals surface area contributed by atoms with E-state index in [1.807, 2.05) is 43.3 Å². The van der Waals surface area contributed by atoms with Gasteiger partial charge in [0.25, 0.3) is 0 Å². The van der Waals surface area contributed by atoms with Crippen LogP contribution in [-0.2, 0) is 19.2 Å². The van der Waals surface area contributed by atoms with Crippen LogP contribution in [0.25, 0.3) is 0 Å². The first-order valence-corrected chi connectivity index (χ1v) is 11.1. The molecule has 7 heteroatoms. The lowest BCUT2D eigenvalue weighted by Crippen LogP contribution is -2.50. The lowest BCUT2D eigenvalue weighted by Gasteiger charge is -2.44. The van der Waals surface area contributed by atoms with Gasteiger partial charge in [0, 0.05) is 18.9 Å². The summed E-state index contributed by atoms with van der Waals surface area (Å²) < 4.78 is 5.85. The van der Waals surface area contributed by atoms with Gasteiger partial charge in [0.2, 0.25) is 23.6 Å². The summed E-state index contributed by atoms with van der Waals surface area (Å²) in [5.41, 5.74) is 1.60. The van der Waals surface area contributed by atoms with Crippen molar-refractivity contribution in [3.63, 3.8) is 0 Å². The first-order chi connectivity index (χ1) is 15.9. The molecule has 6 atom stereocenters. The van der Waals surface area contributed by atoms with Crippen molar-refractivity contribution in [1.82, 2.24) is 4.90 Å². The van der Waals surface area contributed by atoms with Crippen LogP contribution in [0.2, 0.25) is 0 Å². The minimum Gasteiger partial charge on any atom is -0.457 e. The van der Waals surface area contributed by atoms with Crippen molar-refractivity contribution >= 4 is 29.3 Å². The van der Waals surface area contributed by atoms with E-state index < -0.39 is 35.5 Å². The second-order valence-corrected chi connectivity index (χ2v) is 9.30. The Morgan fingerprint density at radius 3 is 1.55 bits per heavy atom. The zero-order valence-corrected chi connectivity index (χ0v) is 18.2. The molecule has 2 aromatic rings. The fourth-order valence-corrected chi connectivity index (χ4v) is 6.04. The number of imide groups is 2. The molecule has 5 aliphatic rings. The van der Waals surface area contributed by atoms with Gasteiger partial charge in [-0.15, -0.1) is 0 Å². The molecule has 0 N–H and O–H groups in total. The number of rotatable bonds is 3. The summed E-state index contributed by atoms with van der Waals surface area (Å²) in [5, 5.41) is 0. The van der Waals surface area contributed by atoms with Gasteiger partial charge < -0.3 is 4.74 Å². The fourth-order valence-electron chi connectivity index (χ4n) is 6.04. The van der Waals surface area contributed by atoms with Crippen LogP contribution in [0.5, 0.6) is 11.5 Å². The summed E-state index contributed by atoms with van der Waals surface area (Å²) >= 11 is 0. The van der Waals surface area contributed by atoms with Crippen LogP contribution < -0.4 is 9.64 Å². The van der Waals surface area contributed by atoms with Crippen LogP contribution in [0.1, 0.15) is 5.56 Å². The smallest absolute Gasteiger partial charge is 0.238 e. The molecule has 2 heterocycles. The number of likely N-dealkylation sites (tertiary alicyclic amines) is 1. The van der Waals surface area contributed by atoms with Crippen LogP contribution in [0, 0.1) is 42.4 Å². The van der Waals surface area contributed by atoms with Crippen molar-refractivity contribution in [2.75, 3.05) is 11.9 Å². The number of hydrogen-bond donors (Lipinski definition) is 0. The molecular weight excluding hydrogens is 420 g/mol. The Labute approximate surface area is 190 Å². The summed E-state index contributed by atoms with van der Waals surface area (Å²) in [6.45, 7) is 2.00. The molecule has 1 saturated carbocycles. The predicted molar refractivity (Wildman–Crippen MR) is 118 cm³/mol. The maximum atomic E-state index is 13.4. The molecular formula is C26H22N2O5. The number of carbonyl (C=O) groups is 4. The van der Waals surface area contributed by atoms with Gasteiger partial charge in [-0.25, -0.2) is 0 Å². The molecule has 3 fully saturated rings. The van der Waals surface area contributed by atoms with E-state index in [0.29, 0.717) is 17.2 Å². The number of hydrogen-bond acceptors (Lipinski definition) is 5. The quantitative estimate of drug-likeness (QED) is 0.539. The van der Waals surface area contributed by atoms with E-state index >= 15 is 0 Å². The first-order valence-electron chi connectivity index (χ1n) is 11.1. The van der Waals surface area contributed by atoms with Crippen molar-refractivity contribution in [2.24, 2.45) is 35.5 Å². The number of benzene rings is 2. The van der Waals surface area contributed by atoms with Crippen molar-refractivity contribution in [1.29, 1.82) is 0 Å². The molecule has 166 valence electrons. The lowest BCUT2D eigenvalue weighted by atomic mass is 9.54. The zero-order valence-electron chi connectivity index (χ0n) is 18.2. The van der Waals surface area contributed by atoms with E-state index in [4.69, 9.17) is 4.74 Å². The zero-order chi connectivity index (χ0) is 23.0. The molecule has 0 radical (unpaired) electrons. The SMILES string of the molecule is Cc1ccc(Oc2ccc(N3C(=O)C4C5C=CC(C6C(=O)N(C)C(=O)C56)C4C3=O)cc2)cc1. The summed E-state index contributed by atoms with van der Waals surface area (Å²) in [6, 6.07) is 14.5. The number of ether oxygens (including phenoxy) is 1. The van der Waals surface area contributed by atoms with E-state index in [-0.39, 0.29) is 23.6 Å². The van der Waals surface area contributed by atoms with E-state index in [1.54, 1.807) is 24.3 Å². The minimum absolute atomic E-state index is 0.251. The summed E-state index contributed by atoms with van der Waals surface area (Å²) in [7, 11) is 1.48. The van der Waals surface area contributed by atoms with Crippen LogP contribution in [0.4, 0.5) is 5.69 Å². The number of aryl methyl sites for hydroxylation is 1. The van der Waals surface area contributed by atoms with E-state index in [9.17, 15) is 19.2 Å². The Kier molecular flexibility index (Phi) is 4.15. The van der Waals surface area contributed by atoms with Crippen molar-refractivity contribution < 1.29 is 23.9 Å². The third kappa shape index (κ3) is 2.68. The van der Waals surface area contributed by atoms with E-state index in [0.717, 1.165) is 10.5 Å². The van der Waals surface area contributed by atoms with Crippen molar-refractivity contribution in [3.8, 4) is 11.5 Å². The minimum atomic E-state index is -0.611. The predicted octanol–water partition coefficient (Wildman–Crippen LogP) is 2.94. The van der Waals surface area contributed by atoms with Gasteiger partial charge in [-0.1, -0.05) is 29.8 Å². The first kappa shape index (κ1) is 19.9. The highest BCUT2D eigenvalue weighted by Crippen LogP contribution is 2.58. The Bertz CT molecular complexity index is 1180. The number of carbonyl (C=O) groups excluding carboxylic acids is 4. The molecule has 7 rings (SSSR count). The van der Waals surface area contributed by atoms with Gasteiger partial charge in [-0.2, -0.15) is 0 Å². The van der Waals surface area contributed by atoms with Gasteiger partial charge in [0.1, 0.15) is 11.5 Å². The molecule has 7 nitrogen and oxygen atoms in total. The normalized spacial score (nSPS) is 31.9. The maximum absolute atomic E-state index is 13.4. The standard InChI is InChI=1S/C26H22N2O5/c1-13-3-7-15(8-4-13)33-16-9-5-14(6-10-16)28-25(31)21-17-11-12-18(22(21)26(28)32)20-19(17)23(29)27(2)24(20)30/h3-12,17-22H,1-2H3. The Morgan fingerprint density at radius 1 is 0.636 bits per heavy atom.